The minimum absolute atomic E-state index is 0.0183. The second kappa shape index (κ2) is 7.11. The molecular formula is C17H24N2O4S. The number of carbonyl (C=O) groups is 1. The Morgan fingerprint density at radius 2 is 2.00 bits per heavy atom. The van der Waals surface area contributed by atoms with E-state index in [-0.39, 0.29) is 24.3 Å². The van der Waals surface area contributed by atoms with Crippen LogP contribution < -0.4 is 4.74 Å². The molecule has 2 heterocycles. The highest BCUT2D eigenvalue weighted by Gasteiger charge is 2.34. The SMILES string of the molecule is Cc1cccc(OCC(=O)N2CCN([C@@H]3CCS(=O)(=O)C3)CC2)c1. The summed E-state index contributed by atoms with van der Waals surface area (Å²) in [6, 6.07) is 7.77. The molecule has 24 heavy (non-hydrogen) atoms. The summed E-state index contributed by atoms with van der Waals surface area (Å²) in [4.78, 5) is 16.3. The van der Waals surface area contributed by atoms with E-state index in [0.717, 1.165) is 18.7 Å². The van der Waals surface area contributed by atoms with Crippen molar-refractivity contribution in [3.63, 3.8) is 0 Å². The number of benzene rings is 1. The van der Waals surface area contributed by atoms with Crippen LogP contribution >= 0.6 is 0 Å². The van der Waals surface area contributed by atoms with Gasteiger partial charge in [-0.1, -0.05) is 12.1 Å². The predicted octanol–water partition coefficient (Wildman–Crippen LogP) is 0.705. The number of nitrogens with zero attached hydrogens (tertiary/aromatic N) is 2. The molecule has 0 unspecified atom stereocenters. The molecule has 7 heteroatoms. The van der Waals surface area contributed by atoms with Crippen molar-refractivity contribution in [2.24, 2.45) is 0 Å². The Balaban J connectivity index is 1.45. The maximum Gasteiger partial charge on any atom is 0.260 e. The van der Waals surface area contributed by atoms with Crippen molar-refractivity contribution in [2.45, 2.75) is 19.4 Å². The highest BCUT2D eigenvalue weighted by molar-refractivity contribution is 7.91. The quantitative estimate of drug-likeness (QED) is 0.798. The number of hydrogen-bond donors (Lipinski definition) is 0. The molecule has 0 N–H and O–H groups in total. The van der Waals surface area contributed by atoms with E-state index in [0.29, 0.717) is 31.0 Å². The Bertz CT molecular complexity index is 696. The van der Waals surface area contributed by atoms with E-state index in [1.807, 2.05) is 31.2 Å². The first-order valence-corrected chi connectivity index (χ1v) is 10.2. The lowest BCUT2D eigenvalue weighted by atomic mass is 10.2. The minimum atomic E-state index is -2.86. The molecule has 1 atom stereocenters. The van der Waals surface area contributed by atoms with Gasteiger partial charge in [0.15, 0.2) is 16.4 Å². The molecule has 0 spiro atoms. The van der Waals surface area contributed by atoms with E-state index in [2.05, 4.69) is 4.90 Å². The van der Waals surface area contributed by atoms with E-state index in [4.69, 9.17) is 4.74 Å². The fourth-order valence-electron chi connectivity index (χ4n) is 3.34. The first-order valence-electron chi connectivity index (χ1n) is 8.35. The van der Waals surface area contributed by atoms with Crippen LogP contribution in [0.4, 0.5) is 0 Å². The fraction of sp³-hybridized carbons (Fsp3) is 0.588. The molecule has 1 aromatic carbocycles. The Kier molecular flexibility index (Phi) is 5.10. The van der Waals surface area contributed by atoms with Crippen LogP contribution in [0.1, 0.15) is 12.0 Å². The molecule has 2 saturated heterocycles. The molecule has 1 amide bonds. The molecule has 0 bridgehead atoms. The van der Waals surface area contributed by atoms with Crippen LogP contribution in [0.15, 0.2) is 24.3 Å². The Morgan fingerprint density at radius 1 is 1.25 bits per heavy atom. The second-order valence-electron chi connectivity index (χ2n) is 6.58. The largest absolute Gasteiger partial charge is 0.484 e. The highest BCUT2D eigenvalue weighted by atomic mass is 32.2. The minimum Gasteiger partial charge on any atom is -0.484 e. The third-order valence-corrected chi connectivity index (χ3v) is 6.49. The van der Waals surface area contributed by atoms with E-state index in [1.165, 1.54) is 0 Å². The number of piperazine rings is 1. The summed E-state index contributed by atoms with van der Waals surface area (Å²) >= 11 is 0. The fourth-order valence-corrected chi connectivity index (χ4v) is 5.10. The molecule has 0 radical (unpaired) electrons. The van der Waals surface area contributed by atoms with Crippen molar-refractivity contribution in [3.8, 4) is 5.75 Å². The van der Waals surface area contributed by atoms with Crippen LogP contribution in [0.2, 0.25) is 0 Å². The summed E-state index contributed by atoms with van der Waals surface area (Å²) in [6.07, 6.45) is 0.715. The molecule has 3 rings (SSSR count). The van der Waals surface area contributed by atoms with Crippen LogP contribution in [-0.4, -0.2) is 74.5 Å². The maximum atomic E-state index is 12.3. The average molecular weight is 352 g/mol. The summed E-state index contributed by atoms with van der Waals surface area (Å²) in [6.45, 7) is 4.75. The summed E-state index contributed by atoms with van der Waals surface area (Å²) in [5.74, 6) is 1.24. The topological polar surface area (TPSA) is 66.9 Å². The van der Waals surface area contributed by atoms with Crippen molar-refractivity contribution in [1.29, 1.82) is 0 Å². The third-order valence-electron chi connectivity index (χ3n) is 4.74. The first kappa shape index (κ1) is 17.2. The van der Waals surface area contributed by atoms with Gasteiger partial charge < -0.3 is 9.64 Å². The van der Waals surface area contributed by atoms with Crippen LogP contribution in [0, 0.1) is 6.92 Å². The molecule has 0 aliphatic carbocycles. The van der Waals surface area contributed by atoms with E-state index in [9.17, 15) is 13.2 Å². The van der Waals surface area contributed by atoms with Crippen molar-refractivity contribution >= 4 is 15.7 Å². The van der Waals surface area contributed by atoms with Gasteiger partial charge in [-0.2, -0.15) is 0 Å². The Labute approximate surface area is 143 Å². The third kappa shape index (κ3) is 4.27. The second-order valence-corrected chi connectivity index (χ2v) is 8.81. The van der Waals surface area contributed by atoms with Crippen LogP contribution in [0.25, 0.3) is 0 Å². The van der Waals surface area contributed by atoms with Gasteiger partial charge >= 0.3 is 0 Å². The normalized spacial score (nSPS) is 24.0. The molecule has 2 aliphatic heterocycles. The van der Waals surface area contributed by atoms with Crippen molar-refractivity contribution in [3.05, 3.63) is 29.8 Å². The van der Waals surface area contributed by atoms with Gasteiger partial charge in [0.1, 0.15) is 5.75 Å². The van der Waals surface area contributed by atoms with E-state index < -0.39 is 9.84 Å². The number of sulfone groups is 1. The van der Waals surface area contributed by atoms with Crippen molar-refractivity contribution in [2.75, 3.05) is 44.3 Å². The molecule has 2 aliphatic rings. The molecule has 2 fully saturated rings. The van der Waals surface area contributed by atoms with E-state index in [1.54, 1.807) is 4.90 Å². The summed E-state index contributed by atoms with van der Waals surface area (Å²) < 4.78 is 28.8. The average Bonchev–Trinajstić information content (AvgIpc) is 2.93. The zero-order valence-electron chi connectivity index (χ0n) is 14.0. The Morgan fingerprint density at radius 3 is 2.62 bits per heavy atom. The predicted molar refractivity (Wildman–Crippen MR) is 91.9 cm³/mol. The Hall–Kier alpha value is -1.60. The summed E-state index contributed by atoms with van der Waals surface area (Å²) in [5.41, 5.74) is 1.10. The lowest BCUT2D eigenvalue weighted by Crippen LogP contribution is -2.53. The monoisotopic (exact) mass is 352 g/mol. The number of hydrogen-bond acceptors (Lipinski definition) is 5. The lowest BCUT2D eigenvalue weighted by Gasteiger charge is -2.37. The van der Waals surface area contributed by atoms with Gasteiger partial charge in [0.25, 0.3) is 5.91 Å². The van der Waals surface area contributed by atoms with Gasteiger partial charge in [0.2, 0.25) is 0 Å². The van der Waals surface area contributed by atoms with Crippen LogP contribution in [-0.2, 0) is 14.6 Å². The molecule has 6 nitrogen and oxygen atoms in total. The summed E-state index contributed by atoms with van der Waals surface area (Å²) in [5, 5.41) is 0. The van der Waals surface area contributed by atoms with E-state index >= 15 is 0 Å². The van der Waals surface area contributed by atoms with Crippen LogP contribution in [0.3, 0.4) is 0 Å². The van der Waals surface area contributed by atoms with Gasteiger partial charge in [-0.25, -0.2) is 8.42 Å². The zero-order valence-corrected chi connectivity index (χ0v) is 14.8. The van der Waals surface area contributed by atoms with Crippen molar-refractivity contribution < 1.29 is 17.9 Å². The highest BCUT2D eigenvalue weighted by Crippen LogP contribution is 2.19. The molecular weight excluding hydrogens is 328 g/mol. The molecule has 0 saturated carbocycles. The lowest BCUT2D eigenvalue weighted by molar-refractivity contribution is -0.135. The van der Waals surface area contributed by atoms with Gasteiger partial charge in [-0.05, 0) is 31.0 Å². The molecule has 1 aromatic rings. The standard InChI is InChI=1S/C17H24N2O4S/c1-14-3-2-4-16(11-14)23-12-17(20)19-8-6-18(7-9-19)15-5-10-24(21,22)13-15/h2-4,11,15H,5-10,12-13H2,1H3/t15-/m1/s1. The number of aryl methyl sites for hydroxylation is 1. The van der Waals surface area contributed by atoms with Gasteiger partial charge in [0.05, 0.1) is 11.5 Å². The number of amides is 1. The van der Waals surface area contributed by atoms with Crippen molar-refractivity contribution in [1.82, 2.24) is 9.80 Å². The molecule has 132 valence electrons. The number of carbonyl (C=O) groups excluding carboxylic acids is 1. The summed E-state index contributed by atoms with van der Waals surface area (Å²) in [7, 11) is -2.86. The zero-order chi connectivity index (χ0) is 17.2. The number of ether oxygens (including phenoxy) is 1. The maximum absolute atomic E-state index is 12.3. The smallest absolute Gasteiger partial charge is 0.260 e. The first-order chi connectivity index (χ1) is 11.4. The molecule has 0 aromatic heterocycles. The van der Waals surface area contributed by atoms with Gasteiger partial charge in [0, 0.05) is 32.2 Å². The van der Waals surface area contributed by atoms with Crippen LogP contribution in [0.5, 0.6) is 5.75 Å². The number of rotatable bonds is 4. The van der Waals surface area contributed by atoms with Gasteiger partial charge in [-0.3, -0.25) is 9.69 Å². The van der Waals surface area contributed by atoms with Gasteiger partial charge in [-0.15, -0.1) is 0 Å².